The number of benzene rings is 1. The molecule has 2 aromatic rings. The summed E-state index contributed by atoms with van der Waals surface area (Å²) >= 11 is 0. The summed E-state index contributed by atoms with van der Waals surface area (Å²) in [6, 6.07) is 7.20. The van der Waals surface area contributed by atoms with Gasteiger partial charge in [0.15, 0.2) is 0 Å². The Morgan fingerprint density at radius 1 is 1.22 bits per heavy atom. The highest BCUT2D eigenvalue weighted by molar-refractivity contribution is 6.00. The molecule has 0 aliphatic carbocycles. The fourth-order valence-corrected chi connectivity index (χ4v) is 4.04. The van der Waals surface area contributed by atoms with Crippen LogP contribution in [0.1, 0.15) is 61.7 Å². The third kappa shape index (κ3) is 3.01. The topological polar surface area (TPSA) is 88.3 Å². The van der Waals surface area contributed by atoms with Gasteiger partial charge in [0.2, 0.25) is 17.6 Å². The highest BCUT2D eigenvalue weighted by Gasteiger charge is 2.50. The van der Waals surface area contributed by atoms with E-state index < -0.39 is 5.54 Å². The van der Waals surface area contributed by atoms with E-state index in [0.29, 0.717) is 30.4 Å². The van der Waals surface area contributed by atoms with Crippen molar-refractivity contribution in [3.8, 4) is 11.4 Å². The lowest BCUT2D eigenvalue weighted by Gasteiger charge is -2.40. The molecule has 7 heteroatoms. The Bertz CT molecular complexity index is 858. The molecule has 1 unspecified atom stereocenters. The van der Waals surface area contributed by atoms with Gasteiger partial charge in [0.1, 0.15) is 5.54 Å². The van der Waals surface area contributed by atoms with Crippen molar-refractivity contribution in [3.05, 3.63) is 35.7 Å². The minimum atomic E-state index is -0.673. The van der Waals surface area contributed by atoms with E-state index in [0.717, 1.165) is 31.2 Å². The Morgan fingerprint density at radius 2 is 1.96 bits per heavy atom. The van der Waals surface area contributed by atoms with E-state index in [-0.39, 0.29) is 17.7 Å². The number of rotatable bonds is 3. The molecule has 142 valence electrons. The number of carbonyl (C=O) groups is 2. The van der Waals surface area contributed by atoms with Crippen LogP contribution in [0.15, 0.2) is 28.8 Å². The molecule has 27 heavy (non-hydrogen) atoms. The molecule has 2 fully saturated rings. The predicted molar refractivity (Wildman–Crippen MR) is 99.1 cm³/mol. The molecule has 2 aliphatic rings. The summed E-state index contributed by atoms with van der Waals surface area (Å²) in [5.74, 6) is 1.17. The largest absolute Gasteiger partial charge is 0.354 e. The van der Waals surface area contributed by atoms with Gasteiger partial charge in [-0.05, 0) is 37.8 Å². The number of carbonyl (C=O) groups excluding carboxylic acids is 2. The first-order chi connectivity index (χ1) is 13.0. The number of hydrogen-bond acceptors (Lipinski definition) is 5. The summed E-state index contributed by atoms with van der Waals surface area (Å²) in [6.07, 6.45) is 3.25. The first-order valence-electron chi connectivity index (χ1n) is 9.55. The second-order valence-corrected chi connectivity index (χ2v) is 7.64. The zero-order valence-electron chi connectivity index (χ0n) is 15.7. The van der Waals surface area contributed by atoms with E-state index in [1.165, 1.54) is 0 Å². The van der Waals surface area contributed by atoms with E-state index in [2.05, 4.69) is 15.5 Å². The van der Waals surface area contributed by atoms with Crippen molar-refractivity contribution < 1.29 is 14.1 Å². The zero-order chi connectivity index (χ0) is 19.0. The van der Waals surface area contributed by atoms with Gasteiger partial charge in [0.25, 0.3) is 5.91 Å². The van der Waals surface area contributed by atoms with Crippen LogP contribution in [0.4, 0.5) is 0 Å². The fourth-order valence-electron chi connectivity index (χ4n) is 4.04. The molecule has 2 aliphatic heterocycles. The maximum absolute atomic E-state index is 13.1. The van der Waals surface area contributed by atoms with E-state index in [4.69, 9.17) is 4.52 Å². The summed E-state index contributed by atoms with van der Waals surface area (Å²) in [5, 5.41) is 6.94. The van der Waals surface area contributed by atoms with Gasteiger partial charge < -0.3 is 14.7 Å². The maximum Gasteiger partial charge on any atom is 0.254 e. The van der Waals surface area contributed by atoms with Gasteiger partial charge in [-0.2, -0.15) is 4.98 Å². The van der Waals surface area contributed by atoms with Crippen molar-refractivity contribution in [1.29, 1.82) is 0 Å². The lowest BCUT2D eigenvalue weighted by atomic mass is 9.86. The third-order valence-corrected chi connectivity index (χ3v) is 5.53. The molecule has 1 aromatic carbocycles. The van der Waals surface area contributed by atoms with Crippen molar-refractivity contribution >= 4 is 11.8 Å². The standard InChI is InChI=1S/C20H24N4O3/c1-13(2)17-22-16(23-27-17)14-5-7-15(8-6-14)18(25)24-12-4-10-20(24)9-3-11-21-19(20)26/h5-8,13H,3-4,9-12H2,1-2H3,(H,21,26). The molecule has 2 saturated heterocycles. The van der Waals surface area contributed by atoms with Crippen molar-refractivity contribution in [2.45, 2.75) is 51.0 Å². The molecule has 1 spiro atoms. The first kappa shape index (κ1) is 17.7. The van der Waals surface area contributed by atoms with Gasteiger partial charge in [0.05, 0.1) is 0 Å². The predicted octanol–water partition coefficient (Wildman–Crippen LogP) is 2.74. The molecular weight excluding hydrogens is 344 g/mol. The molecule has 0 saturated carbocycles. The van der Waals surface area contributed by atoms with Crippen LogP contribution in [0, 0.1) is 0 Å². The van der Waals surface area contributed by atoms with Gasteiger partial charge >= 0.3 is 0 Å². The molecule has 1 aromatic heterocycles. The van der Waals surface area contributed by atoms with Crippen LogP contribution in [0.3, 0.4) is 0 Å². The Morgan fingerprint density at radius 3 is 2.63 bits per heavy atom. The molecule has 4 rings (SSSR count). The normalized spacial score (nSPS) is 22.5. The Balaban J connectivity index is 1.56. The number of hydrogen-bond donors (Lipinski definition) is 1. The second kappa shape index (κ2) is 6.79. The fraction of sp³-hybridized carbons (Fsp3) is 0.500. The summed E-state index contributed by atoms with van der Waals surface area (Å²) in [4.78, 5) is 31.8. The van der Waals surface area contributed by atoms with Gasteiger partial charge in [-0.1, -0.05) is 31.1 Å². The highest BCUT2D eigenvalue weighted by Crippen LogP contribution is 2.37. The van der Waals surface area contributed by atoms with E-state index >= 15 is 0 Å². The van der Waals surface area contributed by atoms with Crippen LogP contribution in [0.5, 0.6) is 0 Å². The van der Waals surface area contributed by atoms with E-state index in [9.17, 15) is 9.59 Å². The maximum atomic E-state index is 13.1. The quantitative estimate of drug-likeness (QED) is 0.900. The second-order valence-electron chi connectivity index (χ2n) is 7.64. The summed E-state index contributed by atoms with van der Waals surface area (Å²) < 4.78 is 5.25. The van der Waals surface area contributed by atoms with Crippen molar-refractivity contribution in [2.24, 2.45) is 0 Å². The Labute approximate surface area is 158 Å². The average molecular weight is 368 g/mol. The first-order valence-corrected chi connectivity index (χ1v) is 9.55. The van der Waals surface area contributed by atoms with Crippen LogP contribution >= 0.6 is 0 Å². The molecule has 0 bridgehead atoms. The summed E-state index contributed by atoms with van der Waals surface area (Å²) in [6.45, 7) is 5.30. The van der Waals surface area contributed by atoms with Crippen LogP contribution in [0.25, 0.3) is 11.4 Å². The number of nitrogens with zero attached hydrogens (tertiary/aromatic N) is 3. The lowest BCUT2D eigenvalue weighted by molar-refractivity contribution is -0.133. The van der Waals surface area contributed by atoms with Gasteiger partial charge in [0, 0.05) is 30.1 Å². The molecule has 1 atom stereocenters. The molecular formula is C20H24N4O3. The smallest absolute Gasteiger partial charge is 0.254 e. The lowest BCUT2D eigenvalue weighted by Crippen LogP contribution is -2.60. The summed E-state index contributed by atoms with van der Waals surface area (Å²) in [7, 11) is 0. The zero-order valence-corrected chi connectivity index (χ0v) is 15.7. The molecule has 7 nitrogen and oxygen atoms in total. The molecule has 3 heterocycles. The SMILES string of the molecule is CC(C)c1nc(-c2ccc(C(=O)N3CCCC34CCCNC4=O)cc2)no1. The minimum Gasteiger partial charge on any atom is -0.354 e. The highest BCUT2D eigenvalue weighted by atomic mass is 16.5. The van der Waals surface area contributed by atoms with Crippen LogP contribution < -0.4 is 5.32 Å². The molecule has 1 N–H and O–H groups in total. The third-order valence-electron chi connectivity index (χ3n) is 5.53. The monoisotopic (exact) mass is 368 g/mol. The van der Waals surface area contributed by atoms with E-state index in [1.807, 2.05) is 26.0 Å². The van der Waals surface area contributed by atoms with Gasteiger partial charge in [-0.25, -0.2) is 0 Å². The number of piperidine rings is 1. The number of likely N-dealkylation sites (tertiary alicyclic amines) is 1. The number of aromatic nitrogens is 2. The minimum absolute atomic E-state index is 0.00997. The van der Waals surface area contributed by atoms with Crippen LogP contribution in [-0.2, 0) is 4.79 Å². The summed E-state index contributed by atoms with van der Waals surface area (Å²) in [5.41, 5.74) is 0.702. The van der Waals surface area contributed by atoms with E-state index in [1.54, 1.807) is 17.0 Å². The Hall–Kier alpha value is -2.70. The van der Waals surface area contributed by atoms with Crippen molar-refractivity contribution in [2.75, 3.05) is 13.1 Å². The van der Waals surface area contributed by atoms with Gasteiger partial charge in [-0.3, -0.25) is 9.59 Å². The molecule has 2 amide bonds. The number of nitrogens with one attached hydrogen (secondary N) is 1. The molecule has 0 radical (unpaired) electrons. The Kier molecular flexibility index (Phi) is 4.45. The van der Waals surface area contributed by atoms with Crippen LogP contribution in [0.2, 0.25) is 0 Å². The van der Waals surface area contributed by atoms with Crippen LogP contribution in [-0.4, -0.2) is 45.5 Å². The van der Waals surface area contributed by atoms with Crippen molar-refractivity contribution in [1.82, 2.24) is 20.4 Å². The number of amides is 2. The van der Waals surface area contributed by atoms with Gasteiger partial charge in [-0.15, -0.1) is 0 Å². The average Bonchev–Trinajstić information content (AvgIpc) is 3.32. The van der Waals surface area contributed by atoms with Crippen molar-refractivity contribution in [3.63, 3.8) is 0 Å².